The van der Waals surface area contributed by atoms with Gasteiger partial charge in [-0.3, -0.25) is 9.08 Å². The summed E-state index contributed by atoms with van der Waals surface area (Å²) in [7, 11) is 0. The Labute approximate surface area is 103 Å². The van der Waals surface area contributed by atoms with Crippen LogP contribution in [0.4, 0.5) is 5.82 Å². The zero-order chi connectivity index (χ0) is 12.5. The van der Waals surface area contributed by atoms with Crippen molar-refractivity contribution in [2.75, 3.05) is 5.73 Å². The number of anilines is 1. The Kier molecular flexibility index (Phi) is 2.36. The maximum absolute atomic E-state index is 5.71. The van der Waals surface area contributed by atoms with E-state index in [-0.39, 0.29) is 0 Å². The van der Waals surface area contributed by atoms with Gasteiger partial charge in [-0.25, -0.2) is 4.98 Å². The highest BCUT2D eigenvalue weighted by molar-refractivity contribution is 5.53. The van der Waals surface area contributed by atoms with Crippen LogP contribution in [-0.4, -0.2) is 24.1 Å². The van der Waals surface area contributed by atoms with Gasteiger partial charge in [-0.1, -0.05) is 0 Å². The molecule has 0 aliphatic rings. The maximum atomic E-state index is 5.71. The van der Waals surface area contributed by atoms with E-state index >= 15 is 0 Å². The molecule has 92 valence electrons. The highest BCUT2D eigenvalue weighted by Gasteiger charge is 2.09. The molecule has 3 rings (SSSR count). The summed E-state index contributed by atoms with van der Waals surface area (Å²) in [6.45, 7) is 2.79. The van der Waals surface area contributed by atoms with E-state index in [1.807, 2.05) is 6.92 Å². The lowest BCUT2D eigenvalue weighted by molar-refractivity contribution is 0.464. The molecule has 0 saturated heterocycles. The zero-order valence-corrected chi connectivity index (χ0v) is 9.82. The van der Waals surface area contributed by atoms with E-state index in [2.05, 4.69) is 15.1 Å². The van der Waals surface area contributed by atoms with Crippen LogP contribution < -0.4 is 10.5 Å². The van der Waals surface area contributed by atoms with E-state index in [1.54, 1.807) is 40.1 Å². The number of rotatable bonds is 3. The Morgan fingerprint density at radius 2 is 2.28 bits per heavy atom. The van der Waals surface area contributed by atoms with Crippen molar-refractivity contribution < 1.29 is 4.74 Å². The Morgan fingerprint density at radius 3 is 3.06 bits per heavy atom. The summed E-state index contributed by atoms with van der Waals surface area (Å²) >= 11 is 0. The predicted octanol–water partition coefficient (Wildman–Crippen LogP) is 1.32. The van der Waals surface area contributed by atoms with Crippen LogP contribution in [-0.2, 0) is 6.54 Å². The van der Waals surface area contributed by atoms with Gasteiger partial charge in [0.25, 0.3) is 5.88 Å². The van der Waals surface area contributed by atoms with Crippen LogP contribution in [0.3, 0.4) is 0 Å². The van der Waals surface area contributed by atoms with Gasteiger partial charge in [0.1, 0.15) is 5.82 Å². The number of fused-ring (bicyclic) bond motifs is 1. The largest absolute Gasteiger partial charge is 0.432 e. The fourth-order valence-corrected chi connectivity index (χ4v) is 1.67. The molecule has 0 radical (unpaired) electrons. The number of nitrogens with two attached hydrogens (primary N) is 1. The number of hydrogen-bond donors (Lipinski definition) is 1. The third-order valence-electron chi connectivity index (χ3n) is 2.51. The molecule has 3 aromatic rings. The van der Waals surface area contributed by atoms with Crippen LogP contribution in [0.5, 0.6) is 11.6 Å². The van der Waals surface area contributed by atoms with E-state index < -0.39 is 0 Å². The SMILES string of the molecule is CCn1cc(Oc2nc(N)cn3ccnc23)cn1. The van der Waals surface area contributed by atoms with Gasteiger partial charge in [0.15, 0.2) is 5.75 Å². The van der Waals surface area contributed by atoms with Gasteiger partial charge in [0, 0.05) is 18.9 Å². The second-order valence-electron chi connectivity index (χ2n) is 3.76. The maximum Gasteiger partial charge on any atom is 0.265 e. The van der Waals surface area contributed by atoms with Gasteiger partial charge in [0.05, 0.1) is 18.6 Å². The molecule has 3 aromatic heterocycles. The van der Waals surface area contributed by atoms with Crippen molar-refractivity contribution in [1.82, 2.24) is 24.1 Å². The molecule has 18 heavy (non-hydrogen) atoms. The van der Waals surface area contributed by atoms with Crippen LogP contribution in [0.15, 0.2) is 31.0 Å². The molecule has 0 spiro atoms. The number of nitrogen functional groups attached to an aromatic ring is 1. The third kappa shape index (κ3) is 1.75. The third-order valence-corrected chi connectivity index (χ3v) is 2.51. The zero-order valence-electron chi connectivity index (χ0n) is 9.82. The fourth-order valence-electron chi connectivity index (χ4n) is 1.67. The molecule has 0 aliphatic carbocycles. The normalized spacial score (nSPS) is 10.9. The van der Waals surface area contributed by atoms with E-state index in [1.165, 1.54) is 0 Å². The van der Waals surface area contributed by atoms with Crippen molar-refractivity contribution in [3.05, 3.63) is 31.0 Å². The van der Waals surface area contributed by atoms with Crippen LogP contribution in [0, 0.1) is 0 Å². The molecule has 0 bridgehead atoms. The number of aryl methyl sites for hydroxylation is 1. The summed E-state index contributed by atoms with van der Waals surface area (Å²) in [5, 5.41) is 4.13. The second kappa shape index (κ2) is 4.02. The van der Waals surface area contributed by atoms with Crippen LogP contribution in [0.1, 0.15) is 6.92 Å². The molecule has 0 saturated carbocycles. The topological polar surface area (TPSA) is 83.3 Å². The van der Waals surface area contributed by atoms with E-state index in [0.717, 1.165) is 6.54 Å². The van der Waals surface area contributed by atoms with Gasteiger partial charge >= 0.3 is 0 Å². The van der Waals surface area contributed by atoms with Crippen molar-refractivity contribution in [1.29, 1.82) is 0 Å². The fraction of sp³-hybridized carbons (Fsp3) is 0.182. The van der Waals surface area contributed by atoms with Gasteiger partial charge in [-0.05, 0) is 6.92 Å². The molecule has 0 atom stereocenters. The van der Waals surface area contributed by atoms with E-state index in [9.17, 15) is 0 Å². The average molecular weight is 244 g/mol. The highest BCUT2D eigenvalue weighted by atomic mass is 16.5. The summed E-state index contributed by atoms with van der Waals surface area (Å²) < 4.78 is 9.19. The summed E-state index contributed by atoms with van der Waals surface area (Å²) in [6, 6.07) is 0. The minimum atomic E-state index is 0.371. The van der Waals surface area contributed by atoms with Crippen molar-refractivity contribution in [2.24, 2.45) is 0 Å². The summed E-state index contributed by atoms with van der Waals surface area (Å²) in [5.41, 5.74) is 6.33. The molecule has 0 unspecified atom stereocenters. The first-order chi connectivity index (χ1) is 8.76. The molecular weight excluding hydrogens is 232 g/mol. The number of nitrogens with zero attached hydrogens (tertiary/aromatic N) is 5. The Bertz CT molecular complexity index is 686. The van der Waals surface area contributed by atoms with Crippen molar-refractivity contribution in [2.45, 2.75) is 13.5 Å². The number of aromatic nitrogens is 5. The lowest BCUT2D eigenvalue weighted by atomic mass is 10.6. The Balaban J connectivity index is 2.00. The first-order valence-corrected chi connectivity index (χ1v) is 5.56. The summed E-state index contributed by atoms with van der Waals surface area (Å²) in [5.74, 6) is 1.36. The van der Waals surface area contributed by atoms with Gasteiger partial charge in [0.2, 0.25) is 5.65 Å². The molecule has 0 aliphatic heterocycles. The lowest BCUT2D eigenvalue weighted by Crippen LogP contribution is -1.98. The molecule has 0 fully saturated rings. The minimum Gasteiger partial charge on any atom is -0.432 e. The lowest BCUT2D eigenvalue weighted by Gasteiger charge is -2.04. The van der Waals surface area contributed by atoms with Crippen molar-refractivity contribution in [3.63, 3.8) is 0 Å². The molecule has 7 nitrogen and oxygen atoms in total. The molecule has 7 heteroatoms. The minimum absolute atomic E-state index is 0.371. The van der Waals surface area contributed by atoms with Crippen LogP contribution >= 0.6 is 0 Å². The average Bonchev–Trinajstić information content (AvgIpc) is 2.97. The standard InChI is InChI=1S/C11H12N6O/c1-2-17-6-8(5-14-17)18-11-10-13-3-4-16(10)7-9(12)15-11/h3-7H,2,12H2,1H3. The van der Waals surface area contributed by atoms with Crippen LogP contribution in [0.25, 0.3) is 5.65 Å². The molecule has 2 N–H and O–H groups in total. The smallest absolute Gasteiger partial charge is 0.265 e. The first-order valence-electron chi connectivity index (χ1n) is 5.56. The number of hydrogen-bond acceptors (Lipinski definition) is 5. The monoisotopic (exact) mass is 244 g/mol. The predicted molar refractivity (Wildman–Crippen MR) is 65.4 cm³/mol. The summed E-state index contributed by atoms with van der Waals surface area (Å²) in [6.07, 6.45) is 8.57. The van der Waals surface area contributed by atoms with E-state index in [0.29, 0.717) is 23.1 Å². The van der Waals surface area contributed by atoms with Crippen LogP contribution in [0.2, 0.25) is 0 Å². The van der Waals surface area contributed by atoms with Gasteiger partial charge < -0.3 is 10.5 Å². The number of ether oxygens (including phenoxy) is 1. The molecular formula is C11H12N6O. The van der Waals surface area contributed by atoms with Crippen molar-refractivity contribution in [3.8, 4) is 11.6 Å². The van der Waals surface area contributed by atoms with Gasteiger partial charge in [-0.2, -0.15) is 10.1 Å². The highest BCUT2D eigenvalue weighted by Crippen LogP contribution is 2.23. The Hall–Kier alpha value is -2.57. The second-order valence-corrected chi connectivity index (χ2v) is 3.76. The molecule has 3 heterocycles. The Morgan fingerprint density at radius 1 is 1.39 bits per heavy atom. The summed E-state index contributed by atoms with van der Waals surface area (Å²) in [4.78, 5) is 8.31. The first kappa shape index (κ1) is 10.6. The quantitative estimate of drug-likeness (QED) is 0.751. The van der Waals surface area contributed by atoms with Crippen molar-refractivity contribution >= 4 is 11.5 Å². The molecule has 0 aromatic carbocycles. The molecule has 0 amide bonds. The number of imidazole rings is 1. The van der Waals surface area contributed by atoms with E-state index in [4.69, 9.17) is 10.5 Å². The van der Waals surface area contributed by atoms with Gasteiger partial charge in [-0.15, -0.1) is 0 Å².